The average molecular weight is 470 g/mol. The van der Waals surface area contributed by atoms with E-state index in [9.17, 15) is 14.9 Å². The van der Waals surface area contributed by atoms with Gasteiger partial charge in [-0.15, -0.1) is 0 Å². The number of aryl methyl sites for hydroxylation is 1. The fourth-order valence-electron chi connectivity index (χ4n) is 1.92. The molecule has 140 valence electrons. The highest BCUT2D eigenvalue weighted by atomic mass is 127. The van der Waals surface area contributed by atoms with E-state index in [0.717, 1.165) is 20.2 Å². The lowest BCUT2D eigenvalue weighted by molar-refractivity contribution is -0.112. The number of nitrogens with two attached hydrogens (primary N) is 1. The lowest BCUT2D eigenvalue weighted by Gasteiger charge is -2.25. The summed E-state index contributed by atoms with van der Waals surface area (Å²) in [6.07, 6.45) is 0.493. The van der Waals surface area contributed by atoms with Crippen molar-refractivity contribution in [1.29, 1.82) is 5.26 Å². The Kier molecular flexibility index (Phi) is 8.05. The maximum Gasteiger partial charge on any atom is 0.414 e. The Balaban J connectivity index is 3.02. The SMILES string of the molecule is Cc1cc(I)ccc1NC(=O)/C(C#N)=C\N(CCN)C(=O)OC(C)(C)C. The first-order chi connectivity index (χ1) is 12.1. The molecule has 8 heteroatoms. The zero-order valence-corrected chi connectivity index (χ0v) is 17.5. The van der Waals surface area contributed by atoms with E-state index in [2.05, 4.69) is 27.9 Å². The van der Waals surface area contributed by atoms with Crippen LogP contribution in [0, 0.1) is 21.8 Å². The van der Waals surface area contributed by atoms with Crippen LogP contribution in [0.25, 0.3) is 0 Å². The summed E-state index contributed by atoms with van der Waals surface area (Å²) in [6, 6.07) is 7.33. The molecule has 26 heavy (non-hydrogen) atoms. The van der Waals surface area contributed by atoms with Gasteiger partial charge in [-0.25, -0.2) is 4.79 Å². The van der Waals surface area contributed by atoms with Crippen LogP contribution in [0.15, 0.2) is 30.0 Å². The Morgan fingerprint density at radius 2 is 2.08 bits per heavy atom. The molecular weight excluding hydrogens is 447 g/mol. The lowest BCUT2D eigenvalue weighted by atomic mass is 10.2. The van der Waals surface area contributed by atoms with Gasteiger partial charge in [0.15, 0.2) is 0 Å². The van der Waals surface area contributed by atoms with Crippen LogP contribution in [-0.4, -0.2) is 35.6 Å². The topological polar surface area (TPSA) is 108 Å². The molecule has 1 aromatic carbocycles. The number of nitriles is 1. The fourth-order valence-corrected chi connectivity index (χ4v) is 2.57. The fraction of sp³-hybridized carbons (Fsp3) is 0.389. The smallest absolute Gasteiger partial charge is 0.414 e. The maximum absolute atomic E-state index is 12.4. The number of carbonyl (C=O) groups is 2. The third kappa shape index (κ3) is 7.01. The molecule has 1 aromatic rings. The number of rotatable bonds is 5. The number of carbonyl (C=O) groups excluding carboxylic acids is 2. The summed E-state index contributed by atoms with van der Waals surface area (Å²) in [5.41, 5.74) is 6.06. The van der Waals surface area contributed by atoms with Gasteiger partial charge >= 0.3 is 6.09 Å². The first kappa shape index (κ1) is 21.9. The van der Waals surface area contributed by atoms with Gasteiger partial charge in [-0.05, 0) is 74.0 Å². The van der Waals surface area contributed by atoms with E-state index in [1.807, 2.05) is 25.1 Å². The third-order valence-corrected chi connectivity index (χ3v) is 3.76. The zero-order valence-electron chi connectivity index (χ0n) is 15.3. The first-order valence-electron chi connectivity index (χ1n) is 7.96. The van der Waals surface area contributed by atoms with Crippen LogP contribution in [0.4, 0.5) is 10.5 Å². The van der Waals surface area contributed by atoms with Gasteiger partial charge in [0.2, 0.25) is 0 Å². The van der Waals surface area contributed by atoms with E-state index in [-0.39, 0.29) is 18.7 Å². The molecule has 0 aliphatic heterocycles. The second kappa shape index (κ2) is 9.54. The molecule has 0 aromatic heterocycles. The summed E-state index contributed by atoms with van der Waals surface area (Å²) < 4.78 is 6.31. The van der Waals surface area contributed by atoms with Crippen molar-refractivity contribution in [1.82, 2.24) is 4.90 Å². The summed E-state index contributed by atoms with van der Waals surface area (Å²) in [5.74, 6) is -0.609. The quantitative estimate of drug-likeness (QED) is 0.391. The van der Waals surface area contributed by atoms with Crippen LogP contribution in [0.1, 0.15) is 26.3 Å². The number of nitrogens with zero attached hydrogens (tertiary/aromatic N) is 2. The van der Waals surface area contributed by atoms with Gasteiger partial charge < -0.3 is 15.8 Å². The highest BCUT2D eigenvalue weighted by molar-refractivity contribution is 14.1. The van der Waals surface area contributed by atoms with Crippen LogP contribution in [0.5, 0.6) is 0 Å². The van der Waals surface area contributed by atoms with Gasteiger partial charge in [0.1, 0.15) is 17.2 Å². The van der Waals surface area contributed by atoms with Gasteiger partial charge in [0.05, 0.1) is 0 Å². The molecule has 0 unspecified atom stereocenters. The number of amides is 2. The third-order valence-electron chi connectivity index (χ3n) is 3.08. The van der Waals surface area contributed by atoms with Gasteiger partial charge in [-0.1, -0.05) is 0 Å². The minimum absolute atomic E-state index is 0.121. The predicted octanol–water partition coefficient (Wildman–Crippen LogP) is 3.14. The molecule has 0 heterocycles. The van der Waals surface area contributed by atoms with Crippen molar-refractivity contribution in [2.24, 2.45) is 5.73 Å². The largest absolute Gasteiger partial charge is 0.443 e. The molecular formula is C18H23IN4O3. The number of hydrogen-bond donors (Lipinski definition) is 2. The van der Waals surface area contributed by atoms with Crippen molar-refractivity contribution in [3.05, 3.63) is 39.1 Å². The Labute approximate surface area is 167 Å². The molecule has 7 nitrogen and oxygen atoms in total. The second-order valence-corrected chi connectivity index (χ2v) is 7.78. The van der Waals surface area contributed by atoms with Crippen molar-refractivity contribution in [2.75, 3.05) is 18.4 Å². The van der Waals surface area contributed by atoms with Crippen LogP contribution in [0.3, 0.4) is 0 Å². The summed E-state index contributed by atoms with van der Waals surface area (Å²) in [4.78, 5) is 25.8. The molecule has 1 rings (SSSR count). The minimum atomic E-state index is -0.703. The molecule has 0 atom stereocenters. The average Bonchev–Trinajstić information content (AvgIpc) is 2.52. The van der Waals surface area contributed by atoms with E-state index in [1.165, 1.54) is 0 Å². The molecule has 0 spiro atoms. The molecule has 0 saturated heterocycles. The highest BCUT2D eigenvalue weighted by Gasteiger charge is 2.22. The maximum atomic E-state index is 12.4. The molecule has 0 fully saturated rings. The summed E-state index contributed by atoms with van der Waals surface area (Å²) >= 11 is 2.17. The Morgan fingerprint density at radius 3 is 2.58 bits per heavy atom. The number of ether oxygens (including phenoxy) is 1. The van der Waals surface area contributed by atoms with Crippen molar-refractivity contribution in [2.45, 2.75) is 33.3 Å². The molecule has 2 amide bonds. The predicted molar refractivity (Wildman–Crippen MR) is 108 cm³/mol. The van der Waals surface area contributed by atoms with Crippen LogP contribution < -0.4 is 11.1 Å². The molecule has 3 N–H and O–H groups in total. The lowest BCUT2D eigenvalue weighted by Crippen LogP contribution is -2.37. The van der Waals surface area contributed by atoms with Gasteiger partial charge in [0, 0.05) is 28.5 Å². The Morgan fingerprint density at radius 1 is 1.42 bits per heavy atom. The first-order valence-corrected chi connectivity index (χ1v) is 9.04. The van der Waals surface area contributed by atoms with E-state index in [0.29, 0.717) is 5.69 Å². The van der Waals surface area contributed by atoms with Crippen molar-refractivity contribution < 1.29 is 14.3 Å². The van der Waals surface area contributed by atoms with E-state index in [1.54, 1.807) is 26.8 Å². The van der Waals surface area contributed by atoms with E-state index in [4.69, 9.17) is 10.5 Å². The van der Waals surface area contributed by atoms with Crippen LogP contribution in [0.2, 0.25) is 0 Å². The molecule has 0 aliphatic rings. The monoisotopic (exact) mass is 470 g/mol. The van der Waals surface area contributed by atoms with E-state index >= 15 is 0 Å². The number of hydrogen-bond acceptors (Lipinski definition) is 5. The van der Waals surface area contributed by atoms with Crippen molar-refractivity contribution in [3.63, 3.8) is 0 Å². The Bertz CT molecular complexity index is 748. The van der Waals surface area contributed by atoms with Crippen LogP contribution >= 0.6 is 22.6 Å². The van der Waals surface area contributed by atoms with Crippen molar-refractivity contribution >= 4 is 40.3 Å². The summed E-state index contributed by atoms with van der Waals surface area (Å²) in [7, 11) is 0. The molecule has 0 bridgehead atoms. The summed E-state index contributed by atoms with van der Waals surface area (Å²) in [5, 5.41) is 12.0. The van der Waals surface area contributed by atoms with Gasteiger partial charge in [-0.2, -0.15) is 5.26 Å². The van der Waals surface area contributed by atoms with Crippen LogP contribution in [-0.2, 0) is 9.53 Å². The highest BCUT2D eigenvalue weighted by Crippen LogP contribution is 2.18. The number of halogens is 1. The van der Waals surface area contributed by atoms with E-state index < -0.39 is 17.6 Å². The number of nitrogens with one attached hydrogen (secondary N) is 1. The molecule has 0 aliphatic carbocycles. The molecule has 0 saturated carbocycles. The summed E-state index contributed by atoms with van der Waals surface area (Å²) in [6.45, 7) is 7.32. The number of benzene rings is 1. The second-order valence-electron chi connectivity index (χ2n) is 6.53. The minimum Gasteiger partial charge on any atom is -0.443 e. The Hall–Kier alpha value is -2.12. The zero-order chi connectivity index (χ0) is 19.9. The normalized spacial score (nSPS) is 11.5. The van der Waals surface area contributed by atoms with Crippen molar-refractivity contribution in [3.8, 4) is 6.07 Å². The standard InChI is InChI=1S/C18H23IN4O3/c1-12-9-14(19)5-6-15(12)22-16(24)13(10-21)11-23(8-7-20)17(25)26-18(2,3)4/h5-6,9,11H,7-8,20H2,1-4H3,(H,22,24)/b13-11-. The molecule has 0 radical (unpaired) electrons. The van der Waals surface area contributed by atoms with Gasteiger partial charge in [-0.3, -0.25) is 9.69 Å². The number of anilines is 1. The van der Waals surface area contributed by atoms with Gasteiger partial charge in [0.25, 0.3) is 5.91 Å².